The van der Waals surface area contributed by atoms with Crippen LogP contribution >= 0.6 is 0 Å². The molecule has 0 unspecified atom stereocenters. The first-order valence-corrected chi connectivity index (χ1v) is 14.4. The summed E-state index contributed by atoms with van der Waals surface area (Å²) in [6.07, 6.45) is 7.42. The summed E-state index contributed by atoms with van der Waals surface area (Å²) < 4.78 is 0. The van der Waals surface area contributed by atoms with Crippen molar-refractivity contribution in [1.82, 2.24) is 0 Å². The summed E-state index contributed by atoms with van der Waals surface area (Å²) >= 11 is 0. The molecule has 6 heteroatoms. The number of aliphatic imine (C=N–C) groups is 2. The number of rotatable bonds is 6. The summed E-state index contributed by atoms with van der Waals surface area (Å²) in [4.78, 5) is 9.85. The average molecular weight is 547 g/mol. The van der Waals surface area contributed by atoms with Gasteiger partial charge in [-0.2, -0.15) is 0 Å². The van der Waals surface area contributed by atoms with E-state index in [0.717, 1.165) is 47.9 Å². The Kier molecular flexibility index (Phi) is 9.22. The Labute approximate surface area is 240 Å². The van der Waals surface area contributed by atoms with Gasteiger partial charge in [0.1, 0.15) is 11.5 Å². The van der Waals surface area contributed by atoms with Gasteiger partial charge in [0.05, 0.1) is 12.1 Å². The van der Waals surface area contributed by atoms with Gasteiger partial charge in [-0.05, 0) is 64.7 Å². The largest absolute Gasteiger partial charge is 0.862 e. The zero-order chi connectivity index (χ0) is 30.0. The molecule has 0 amide bonds. The molecule has 0 spiro atoms. The second-order valence-corrected chi connectivity index (χ2v) is 14.4. The van der Waals surface area contributed by atoms with Gasteiger partial charge in [-0.1, -0.05) is 87.3 Å². The summed E-state index contributed by atoms with van der Waals surface area (Å²) in [5, 5.41) is 41.2. The SMILES string of the molecule is CC(C)(C)c1cc(C=N[C@H]2CCCC[C@@H]2N=Cc2cc(CC(=N)[O-])cc(C(C)(C)C)c2O)c(O)c(C(C)(C)C)c1. The van der Waals surface area contributed by atoms with Gasteiger partial charge in [0, 0.05) is 34.7 Å². The van der Waals surface area contributed by atoms with Crippen molar-refractivity contribution >= 4 is 18.3 Å². The van der Waals surface area contributed by atoms with E-state index in [1.54, 1.807) is 12.3 Å². The summed E-state index contributed by atoms with van der Waals surface area (Å²) in [7, 11) is 0. The van der Waals surface area contributed by atoms with E-state index in [1.165, 1.54) is 0 Å². The van der Waals surface area contributed by atoms with Crippen LogP contribution in [-0.2, 0) is 22.7 Å². The summed E-state index contributed by atoms with van der Waals surface area (Å²) in [6.45, 7) is 18.9. The highest BCUT2D eigenvalue weighted by Crippen LogP contribution is 2.38. The highest BCUT2D eigenvalue weighted by Gasteiger charge is 2.27. The second kappa shape index (κ2) is 11.8. The van der Waals surface area contributed by atoms with Crippen LogP contribution in [0, 0.1) is 5.41 Å². The Bertz CT molecular complexity index is 1290. The van der Waals surface area contributed by atoms with Gasteiger partial charge in [0.2, 0.25) is 0 Å². The van der Waals surface area contributed by atoms with Crippen molar-refractivity contribution in [2.75, 3.05) is 0 Å². The van der Waals surface area contributed by atoms with E-state index < -0.39 is 5.90 Å². The highest BCUT2D eigenvalue weighted by atomic mass is 16.3. The zero-order valence-electron chi connectivity index (χ0n) is 25.9. The van der Waals surface area contributed by atoms with Crippen LogP contribution < -0.4 is 5.11 Å². The van der Waals surface area contributed by atoms with Crippen LogP contribution in [0.3, 0.4) is 0 Å². The zero-order valence-corrected chi connectivity index (χ0v) is 25.9. The third-order valence-electron chi connectivity index (χ3n) is 7.69. The van der Waals surface area contributed by atoms with Gasteiger partial charge in [0.15, 0.2) is 0 Å². The summed E-state index contributed by atoms with van der Waals surface area (Å²) in [5.41, 5.74) is 4.18. The number of benzene rings is 2. The maximum Gasteiger partial charge on any atom is 0.128 e. The number of hydrogen-bond donors (Lipinski definition) is 3. The molecule has 1 aliphatic carbocycles. The van der Waals surface area contributed by atoms with Gasteiger partial charge >= 0.3 is 0 Å². The molecule has 3 rings (SSSR count). The Morgan fingerprint density at radius 2 is 1.23 bits per heavy atom. The minimum Gasteiger partial charge on any atom is -0.862 e. The van der Waals surface area contributed by atoms with E-state index in [9.17, 15) is 15.3 Å². The highest BCUT2D eigenvalue weighted by molar-refractivity contribution is 5.86. The van der Waals surface area contributed by atoms with E-state index in [-0.39, 0.29) is 46.2 Å². The van der Waals surface area contributed by atoms with E-state index >= 15 is 0 Å². The maximum atomic E-state index is 11.5. The second-order valence-electron chi connectivity index (χ2n) is 14.4. The normalized spacial score (nSPS) is 19.0. The lowest BCUT2D eigenvalue weighted by molar-refractivity contribution is -0.219. The lowest BCUT2D eigenvalue weighted by Crippen LogP contribution is -2.27. The number of hydrogen-bond acceptors (Lipinski definition) is 6. The van der Waals surface area contributed by atoms with Crippen molar-refractivity contribution in [2.45, 2.75) is 123 Å². The van der Waals surface area contributed by atoms with Crippen LogP contribution in [0.1, 0.15) is 121 Å². The van der Waals surface area contributed by atoms with Crippen molar-refractivity contribution in [3.05, 3.63) is 57.6 Å². The molecule has 218 valence electrons. The molecule has 1 aliphatic rings. The molecule has 0 bridgehead atoms. The molecule has 1 fully saturated rings. The molecule has 0 aliphatic heterocycles. The first-order chi connectivity index (χ1) is 18.4. The van der Waals surface area contributed by atoms with Crippen molar-refractivity contribution in [1.29, 1.82) is 5.41 Å². The molecule has 0 heterocycles. The van der Waals surface area contributed by atoms with Crippen LogP contribution in [0.25, 0.3) is 0 Å². The molecule has 2 aromatic rings. The van der Waals surface area contributed by atoms with Crippen LogP contribution in [0.4, 0.5) is 0 Å². The van der Waals surface area contributed by atoms with E-state index in [4.69, 9.17) is 15.4 Å². The standard InChI is InChI=1S/C34H49N3O3/c1-32(2,3)24-17-23(31(40)26(18-24)34(7,8)9)20-37-28-13-11-10-12-27(28)36-19-22-14-21(16-29(35)38)15-25(30(22)39)33(4,5)6/h14-15,17-20,27-28,39-40H,10-13,16H2,1-9H3,(H2,35,38)/p-1/t27-,28-/m0/s1. The van der Waals surface area contributed by atoms with E-state index in [0.29, 0.717) is 11.1 Å². The lowest BCUT2D eigenvalue weighted by Gasteiger charge is -2.28. The van der Waals surface area contributed by atoms with Gasteiger partial charge in [-0.25, -0.2) is 0 Å². The van der Waals surface area contributed by atoms with Crippen LogP contribution in [0.2, 0.25) is 0 Å². The van der Waals surface area contributed by atoms with Crippen molar-refractivity contribution < 1.29 is 15.3 Å². The summed E-state index contributed by atoms with van der Waals surface area (Å²) in [6, 6.07) is 7.63. The van der Waals surface area contributed by atoms with E-state index in [2.05, 4.69) is 47.6 Å². The van der Waals surface area contributed by atoms with Crippen molar-refractivity contribution in [2.24, 2.45) is 9.98 Å². The lowest BCUT2D eigenvalue weighted by atomic mass is 9.79. The first kappa shape index (κ1) is 31.4. The molecule has 6 nitrogen and oxygen atoms in total. The molecule has 2 aromatic carbocycles. The van der Waals surface area contributed by atoms with Crippen LogP contribution in [-0.4, -0.2) is 40.6 Å². The number of aromatic hydroxyl groups is 2. The molecule has 40 heavy (non-hydrogen) atoms. The number of nitrogens with one attached hydrogen (secondary N) is 1. The average Bonchev–Trinajstić information content (AvgIpc) is 2.81. The molecular formula is C34H48N3O3-. The van der Waals surface area contributed by atoms with Crippen LogP contribution in [0.5, 0.6) is 11.5 Å². The Balaban J connectivity index is 1.98. The van der Waals surface area contributed by atoms with Gasteiger partial charge in [-0.15, -0.1) is 0 Å². The van der Waals surface area contributed by atoms with Crippen molar-refractivity contribution in [3.8, 4) is 11.5 Å². The molecule has 0 saturated heterocycles. The molecule has 1 saturated carbocycles. The maximum absolute atomic E-state index is 11.5. The van der Waals surface area contributed by atoms with Gasteiger partial charge < -0.3 is 20.7 Å². The van der Waals surface area contributed by atoms with Gasteiger partial charge in [0.25, 0.3) is 0 Å². The quantitative estimate of drug-likeness (QED) is 0.276. The topological polar surface area (TPSA) is 112 Å². The van der Waals surface area contributed by atoms with Crippen molar-refractivity contribution in [3.63, 3.8) is 0 Å². The molecule has 2 atom stereocenters. The number of nitrogens with zero attached hydrogens (tertiary/aromatic N) is 2. The molecular weight excluding hydrogens is 498 g/mol. The fourth-order valence-electron chi connectivity index (χ4n) is 5.23. The Morgan fingerprint density at radius 1 is 0.775 bits per heavy atom. The Hall–Kier alpha value is -3.15. The third kappa shape index (κ3) is 7.74. The molecule has 0 radical (unpaired) electrons. The third-order valence-corrected chi connectivity index (χ3v) is 7.69. The minimum atomic E-state index is -0.663. The fourth-order valence-corrected chi connectivity index (χ4v) is 5.23. The monoisotopic (exact) mass is 546 g/mol. The molecule has 0 aromatic heterocycles. The minimum absolute atomic E-state index is 0.00573. The van der Waals surface area contributed by atoms with Crippen LogP contribution in [0.15, 0.2) is 34.3 Å². The predicted molar refractivity (Wildman–Crippen MR) is 165 cm³/mol. The first-order valence-electron chi connectivity index (χ1n) is 14.4. The predicted octanol–water partition coefficient (Wildman–Crippen LogP) is 6.72. The number of phenols is 2. The smallest absolute Gasteiger partial charge is 0.128 e. The van der Waals surface area contributed by atoms with Gasteiger partial charge in [-0.3, -0.25) is 9.98 Å². The van der Waals surface area contributed by atoms with E-state index in [1.807, 2.05) is 39.1 Å². The summed E-state index contributed by atoms with van der Waals surface area (Å²) in [5.74, 6) is -0.226. The molecule has 3 N–H and O–H groups in total. The Morgan fingerprint density at radius 3 is 1.65 bits per heavy atom. The number of phenolic OH excluding ortho intramolecular Hbond substituents is 2. The fraction of sp³-hybridized carbons (Fsp3) is 0.559.